The van der Waals surface area contributed by atoms with E-state index in [0.717, 1.165) is 30.9 Å². The molecule has 0 radical (unpaired) electrons. The highest BCUT2D eigenvalue weighted by molar-refractivity contribution is 5.55. The first-order valence-corrected chi connectivity index (χ1v) is 6.41. The van der Waals surface area contributed by atoms with Gasteiger partial charge in [-0.25, -0.2) is 9.97 Å². The van der Waals surface area contributed by atoms with Crippen LogP contribution in [0, 0.1) is 6.92 Å². The summed E-state index contributed by atoms with van der Waals surface area (Å²) in [4.78, 5) is 9.08. The zero-order valence-electron chi connectivity index (χ0n) is 11.2. The lowest BCUT2D eigenvalue weighted by atomic mass is 10.1. The molecule has 0 aliphatic heterocycles. The van der Waals surface area contributed by atoms with Gasteiger partial charge >= 0.3 is 0 Å². The van der Waals surface area contributed by atoms with Gasteiger partial charge in [0.1, 0.15) is 5.82 Å². The second-order valence-electron chi connectivity index (χ2n) is 4.22. The number of aromatic nitrogens is 2. The van der Waals surface area contributed by atoms with E-state index < -0.39 is 0 Å². The number of hydrogen-bond donors (Lipinski definition) is 1. The average Bonchev–Trinajstić information content (AvgIpc) is 2.89. The number of rotatable bonds is 5. The van der Waals surface area contributed by atoms with Gasteiger partial charge in [0.25, 0.3) is 0 Å². The van der Waals surface area contributed by atoms with Crippen molar-refractivity contribution < 1.29 is 4.42 Å². The third-order valence-electron chi connectivity index (χ3n) is 2.85. The van der Waals surface area contributed by atoms with Crippen LogP contribution < -0.4 is 5.32 Å². The molecule has 18 heavy (non-hydrogen) atoms. The van der Waals surface area contributed by atoms with Crippen molar-refractivity contribution in [2.24, 2.45) is 0 Å². The first-order chi connectivity index (χ1) is 8.76. The Labute approximate surface area is 107 Å². The van der Waals surface area contributed by atoms with Crippen LogP contribution in [0.1, 0.15) is 31.5 Å². The Bertz CT molecular complexity index is 506. The summed E-state index contributed by atoms with van der Waals surface area (Å²) in [7, 11) is 0. The van der Waals surface area contributed by atoms with Crippen LogP contribution in [0.4, 0.5) is 5.82 Å². The minimum absolute atomic E-state index is 0.647. The van der Waals surface area contributed by atoms with Crippen molar-refractivity contribution >= 4 is 5.82 Å². The molecule has 0 spiro atoms. The Hall–Kier alpha value is -1.84. The monoisotopic (exact) mass is 245 g/mol. The molecule has 96 valence electrons. The van der Waals surface area contributed by atoms with E-state index in [0.29, 0.717) is 11.6 Å². The summed E-state index contributed by atoms with van der Waals surface area (Å²) in [6.45, 7) is 7.20. The normalized spacial score (nSPS) is 10.6. The van der Waals surface area contributed by atoms with Gasteiger partial charge in [-0.1, -0.05) is 13.8 Å². The van der Waals surface area contributed by atoms with Crippen molar-refractivity contribution in [1.82, 2.24) is 9.97 Å². The molecule has 2 aromatic heterocycles. The highest BCUT2D eigenvalue weighted by atomic mass is 16.3. The molecule has 2 rings (SSSR count). The topological polar surface area (TPSA) is 51.0 Å². The highest BCUT2D eigenvalue weighted by Crippen LogP contribution is 2.22. The van der Waals surface area contributed by atoms with Crippen molar-refractivity contribution in [3.63, 3.8) is 0 Å². The minimum Gasteiger partial charge on any atom is -0.461 e. The van der Waals surface area contributed by atoms with E-state index >= 15 is 0 Å². The molecule has 4 heteroatoms. The molecule has 0 unspecified atom stereocenters. The Balaban J connectivity index is 2.42. The van der Waals surface area contributed by atoms with Gasteiger partial charge in [0.05, 0.1) is 6.26 Å². The lowest BCUT2D eigenvalue weighted by Gasteiger charge is -2.12. The molecular formula is C14H19N3O. The SMILES string of the molecule is CCCNc1nc(-c2ccco2)nc(C)c1CC. The number of aryl methyl sites for hydroxylation is 1. The van der Waals surface area contributed by atoms with Gasteiger partial charge < -0.3 is 9.73 Å². The maximum absolute atomic E-state index is 5.35. The molecule has 0 amide bonds. The number of anilines is 1. The van der Waals surface area contributed by atoms with Crippen LogP contribution in [0.3, 0.4) is 0 Å². The first kappa shape index (κ1) is 12.6. The van der Waals surface area contributed by atoms with Crippen molar-refractivity contribution in [3.8, 4) is 11.6 Å². The van der Waals surface area contributed by atoms with E-state index in [2.05, 4.69) is 29.1 Å². The number of nitrogens with one attached hydrogen (secondary N) is 1. The van der Waals surface area contributed by atoms with E-state index in [9.17, 15) is 0 Å². The van der Waals surface area contributed by atoms with Crippen LogP contribution in [0.25, 0.3) is 11.6 Å². The molecule has 0 aromatic carbocycles. The Morgan fingerprint density at radius 3 is 2.72 bits per heavy atom. The molecule has 0 bridgehead atoms. The fraction of sp³-hybridized carbons (Fsp3) is 0.429. The summed E-state index contributed by atoms with van der Waals surface area (Å²) in [5.41, 5.74) is 2.19. The van der Waals surface area contributed by atoms with Crippen LogP contribution in [-0.4, -0.2) is 16.5 Å². The van der Waals surface area contributed by atoms with Crippen LogP contribution >= 0.6 is 0 Å². The second kappa shape index (κ2) is 5.67. The second-order valence-corrected chi connectivity index (χ2v) is 4.22. The zero-order valence-corrected chi connectivity index (χ0v) is 11.2. The quantitative estimate of drug-likeness (QED) is 0.876. The van der Waals surface area contributed by atoms with Crippen LogP contribution in [0.5, 0.6) is 0 Å². The molecule has 2 heterocycles. The maximum atomic E-state index is 5.35. The van der Waals surface area contributed by atoms with E-state index in [-0.39, 0.29) is 0 Å². The smallest absolute Gasteiger partial charge is 0.197 e. The average molecular weight is 245 g/mol. The van der Waals surface area contributed by atoms with Gasteiger partial charge in [-0.05, 0) is 31.9 Å². The first-order valence-electron chi connectivity index (χ1n) is 6.41. The lowest BCUT2D eigenvalue weighted by molar-refractivity contribution is 0.577. The Kier molecular flexibility index (Phi) is 3.97. The van der Waals surface area contributed by atoms with Gasteiger partial charge in [-0.15, -0.1) is 0 Å². The fourth-order valence-corrected chi connectivity index (χ4v) is 1.92. The molecule has 0 aliphatic rings. The number of hydrogen-bond acceptors (Lipinski definition) is 4. The molecule has 1 N–H and O–H groups in total. The zero-order chi connectivity index (χ0) is 13.0. The third kappa shape index (κ3) is 2.53. The Morgan fingerprint density at radius 1 is 1.28 bits per heavy atom. The summed E-state index contributed by atoms with van der Waals surface area (Å²) in [6, 6.07) is 3.73. The summed E-state index contributed by atoms with van der Waals surface area (Å²) < 4.78 is 5.35. The van der Waals surface area contributed by atoms with Crippen molar-refractivity contribution in [3.05, 3.63) is 29.7 Å². The van der Waals surface area contributed by atoms with Gasteiger partial charge in [-0.3, -0.25) is 0 Å². The van der Waals surface area contributed by atoms with E-state index in [1.165, 1.54) is 5.56 Å². The molecule has 0 atom stereocenters. The van der Waals surface area contributed by atoms with Crippen molar-refractivity contribution in [1.29, 1.82) is 0 Å². The van der Waals surface area contributed by atoms with Crippen LogP contribution in [-0.2, 0) is 6.42 Å². The minimum atomic E-state index is 0.647. The number of furan rings is 1. The largest absolute Gasteiger partial charge is 0.461 e. The molecular weight excluding hydrogens is 226 g/mol. The molecule has 0 aliphatic carbocycles. The summed E-state index contributed by atoms with van der Waals surface area (Å²) in [6.07, 6.45) is 3.64. The maximum Gasteiger partial charge on any atom is 0.197 e. The van der Waals surface area contributed by atoms with E-state index in [1.54, 1.807) is 6.26 Å². The molecule has 4 nitrogen and oxygen atoms in total. The van der Waals surface area contributed by atoms with Gasteiger partial charge in [0.2, 0.25) is 0 Å². The van der Waals surface area contributed by atoms with Gasteiger partial charge in [-0.2, -0.15) is 0 Å². The van der Waals surface area contributed by atoms with E-state index in [4.69, 9.17) is 4.42 Å². The lowest BCUT2D eigenvalue weighted by Crippen LogP contribution is -2.09. The Morgan fingerprint density at radius 2 is 2.11 bits per heavy atom. The van der Waals surface area contributed by atoms with Gasteiger partial charge in [0, 0.05) is 17.8 Å². The molecule has 0 fully saturated rings. The van der Waals surface area contributed by atoms with Crippen molar-refractivity contribution in [2.75, 3.05) is 11.9 Å². The fourth-order valence-electron chi connectivity index (χ4n) is 1.92. The number of nitrogens with zero attached hydrogens (tertiary/aromatic N) is 2. The molecule has 2 aromatic rings. The van der Waals surface area contributed by atoms with Crippen LogP contribution in [0.15, 0.2) is 22.8 Å². The van der Waals surface area contributed by atoms with Gasteiger partial charge in [0.15, 0.2) is 11.6 Å². The standard InChI is InChI=1S/C14H19N3O/c1-4-8-15-13-11(5-2)10(3)16-14(17-13)12-7-6-9-18-12/h6-7,9H,4-5,8H2,1-3H3,(H,15,16,17). The van der Waals surface area contributed by atoms with E-state index in [1.807, 2.05) is 19.1 Å². The molecule has 0 saturated heterocycles. The van der Waals surface area contributed by atoms with Crippen LogP contribution in [0.2, 0.25) is 0 Å². The predicted octanol–water partition coefficient (Wildman–Crippen LogP) is 3.43. The van der Waals surface area contributed by atoms with Crippen molar-refractivity contribution in [2.45, 2.75) is 33.6 Å². The third-order valence-corrected chi connectivity index (χ3v) is 2.85. The summed E-state index contributed by atoms with van der Waals surface area (Å²) >= 11 is 0. The molecule has 0 saturated carbocycles. The highest BCUT2D eigenvalue weighted by Gasteiger charge is 2.12. The summed E-state index contributed by atoms with van der Waals surface area (Å²) in [5.74, 6) is 2.28. The predicted molar refractivity (Wildman–Crippen MR) is 72.6 cm³/mol. The summed E-state index contributed by atoms with van der Waals surface area (Å²) in [5, 5.41) is 3.36.